The standard InChI is InChI=1S/C23H24F3N3O2/c1-6-18(21(30)27-16-8-7-12(2)13(3)9-16)29-19-11-15(5)14(4)10-17(19)28-20(22(29)31)23(24,25)26/h7-11,18H,6H2,1-5H3,(H,27,30)/t18-/m1/s1. The first-order valence-electron chi connectivity index (χ1n) is 9.92. The van der Waals surface area contributed by atoms with Crippen LogP contribution in [0.1, 0.15) is 47.3 Å². The van der Waals surface area contributed by atoms with Gasteiger partial charge in [-0.1, -0.05) is 13.0 Å². The number of fused-ring (bicyclic) bond motifs is 1. The van der Waals surface area contributed by atoms with Crippen LogP contribution in [-0.2, 0) is 11.0 Å². The molecule has 31 heavy (non-hydrogen) atoms. The molecule has 2 aromatic carbocycles. The van der Waals surface area contributed by atoms with E-state index in [2.05, 4.69) is 10.3 Å². The van der Waals surface area contributed by atoms with Gasteiger partial charge < -0.3 is 5.32 Å². The highest BCUT2D eigenvalue weighted by molar-refractivity contribution is 5.95. The number of nitrogens with zero attached hydrogens (tertiary/aromatic N) is 2. The van der Waals surface area contributed by atoms with Crippen molar-refractivity contribution in [1.29, 1.82) is 0 Å². The number of hydrogen-bond acceptors (Lipinski definition) is 3. The van der Waals surface area contributed by atoms with E-state index in [4.69, 9.17) is 0 Å². The molecule has 0 aliphatic rings. The Kier molecular flexibility index (Phi) is 5.93. The number of aryl methyl sites for hydroxylation is 4. The van der Waals surface area contributed by atoms with Crippen molar-refractivity contribution >= 4 is 22.6 Å². The largest absolute Gasteiger partial charge is 0.438 e. The topological polar surface area (TPSA) is 64.0 Å². The molecule has 0 spiro atoms. The summed E-state index contributed by atoms with van der Waals surface area (Å²) in [6, 6.07) is 7.31. The first-order chi connectivity index (χ1) is 14.4. The van der Waals surface area contributed by atoms with Crippen LogP contribution in [0.2, 0.25) is 0 Å². The molecule has 5 nitrogen and oxygen atoms in total. The summed E-state index contributed by atoms with van der Waals surface area (Å²) in [5.41, 5.74) is 1.41. The smallest absolute Gasteiger partial charge is 0.324 e. The van der Waals surface area contributed by atoms with E-state index in [1.54, 1.807) is 39.0 Å². The van der Waals surface area contributed by atoms with Crippen LogP contribution in [0.4, 0.5) is 18.9 Å². The third-order valence-electron chi connectivity index (χ3n) is 5.55. The van der Waals surface area contributed by atoms with Gasteiger partial charge in [0.05, 0.1) is 11.0 Å². The molecule has 1 heterocycles. The molecule has 164 valence electrons. The first kappa shape index (κ1) is 22.5. The third kappa shape index (κ3) is 4.33. The summed E-state index contributed by atoms with van der Waals surface area (Å²) >= 11 is 0. The van der Waals surface area contributed by atoms with Gasteiger partial charge in [-0.25, -0.2) is 4.98 Å². The number of carbonyl (C=O) groups is 1. The lowest BCUT2D eigenvalue weighted by molar-refractivity contribution is -0.142. The van der Waals surface area contributed by atoms with Gasteiger partial charge in [0, 0.05) is 5.69 Å². The van der Waals surface area contributed by atoms with Crippen molar-refractivity contribution in [2.24, 2.45) is 0 Å². The lowest BCUT2D eigenvalue weighted by atomic mass is 10.1. The van der Waals surface area contributed by atoms with E-state index < -0.39 is 29.4 Å². The Morgan fingerprint density at radius 3 is 2.23 bits per heavy atom. The number of nitrogens with one attached hydrogen (secondary N) is 1. The molecule has 0 bridgehead atoms. The zero-order valence-corrected chi connectivity index (χ0v) is 18.0. The van der Waals surface area contributed by atoms with Crippen LogP contribution in [0.15, 0.2) is 35.1 Å². The zero-order valence-electron chi connectivity index (χ0n) is 18.0. The Labute approximate surface area is 177 Å². The van der Waals surface area contributed by atoms with Gasteiger partial charge in [-0.05, 0) is 80.6 Å². The fourth-order valence-corrected chi connectivity index (χ4v) is 3.48. The highest BCUT2D eigenvalue weighted by atomic mass is 19.4. The van der Waals surface area contributed by atoms with Gasteiger partial charge in [-0.15, -0.1) is 0 Å². The van der Waals surface area contributed by atoms with E-state index in [1.807, 2.05) is 19.9 Å². The van der Waals surface area contributed by atoms with Gasteiger partial charge in [-0.3, -0.25) is 14.2 Å². The van der Waals surface area contributed by atoms with Crippen molar-refractivity contribution in [1.82, 2.24) is 9.55 Å². The maximum atomic E-state index is 13.6. The van der Waals surface area contributed by atoms with E-state index in [0.29, 0.717) is 5.69 Å². The molecular formula is C23H24F3N3O2. The molecule has 0 fully saturated rings. The lowest BCUT2D eigenvalue weighted by Crippen LogP contribution is -2.37. The predicted octanol–water partition coefficient (Wildman–Crippen LogP) is 5.24. The van der Waals surface area contributed by atoms with Crippen LogP contribution in [0, 0.1) is 27.7 Å². The van der Waals surface area contributed by atoms with Crippen LogP contribution in [-0.4, -0.2) is 15.5 Å². The monoisotopic (exact) mass is 431 g/mol. The van der Waals surface area contributed by atoms with Gasteiger partial charge in [0.25, 0.3) is 5.56 Å². The Bertz CT molecular complexity index is 1230. The van der Waals surface area contributed by atoms with Gasteiger partial charge in [0.15, 0.2) is 0 Å². The number of aromatic nitrogens is 2. The minimum atomic E-state index is -4.94. The van der Waals surface area contributed by atoms with Crippen molar-refractivity contribution in [3.63, 3.8) is 0 Å². The summed E-state index contributed by atoms with van der Waals surface area (Å²) in [6.07, 6.45) is -4.81. The van der Waals surface area contributed by atoms with Crippen LogP contribution < -0.4 is 10.9 Å². The normalized spacial score (nSPS) is 12.8. The summed E-state index contributed by atoms with van der Waals surface area (Å²) < 4.78 is 41.6. The van der Waals surface area contributed by atoms with Gasteiger partial charge in [0.1, 0.15) is 6.04 Å². The van der Waals surface area contributed by atoms with Crippen molar-refractivity contribution in [3.05, 3.63) is 68.6 Å². The number of carbonyl (C=O) groups excluding carboxylic acids is 1. The molecule has 0 aliphatic carbocycles. The molecule has 3 rings (SSSR count). The number of anilines is 1. The number of amides is 1. The summed E-state index contributed by atoms with van der Waals surface area (Å²) in [6.45, 7) is 9.02. The summed E-state index contributed by atoms with van der Waals surface area (Å²) in [7, 11) is 0. The molecule has 0 saturated carbocycles. The number of halogens is 3. The highest BCUT2D eigenvalue weighted by Crippen LogP contribution is 2.29. The molecule has 0 unspecified atom stereocenters. The van der Waals surface area contributed by atoms with Crippen LogP contribution in [0.3, 0.4) is 0 Å². The Morgan fingerprint density at radius 2 is 1.65 bits per heavy atom. The average molecular weight is 431 g/mol. The molecule has 1 N–H and O–H groups in total. The first-order valence-corrected chi connectivity index (χ1v) is 9.92. The maximum Gasteiger partial charge on any atom is 0.438 e. The van der Waals surface area contributed by atoms with Gasteiger partial charge >= 0.3 is 6.18 Å². The van der Waals surface area contributed by atoms with E-state index in [-0.39, 0.29) is 17.5 Å². The van der Waals surface area contributed by atoms with Gasteiger partial charge in [0.2, 0.25) is 11.6 Å². The quantitative estimate of drug-likeness (QED) is 0.615. The average Bonchev–Trinajstić information content (AvgIpc) is 2.67. The number of benzene rings is 2. The second-order valence-electron chi connectivity index (χ2n) is 7.77. The molecule has 3 aromatic rings. The predicted molar refractivity (Wildman–Crippen MR) is 114 cm³/mol. The molecule has 0 radical (unpaired) electrons. The van der Waals surface area contributed by atoms with Crippen molar-refractivity contribution in [2.75, 3.05) is 5.32 Å². The van der Waals surface area contributed by atoms with E-state index in [1.165, 1.54) is 6.07 Å². The fraction of sp³-hybridized carbons (Fsp3) is 0.348. The van der Waals surface area contributed by atoms with E-state index >= 15 is 0 Å². The molecule has 1 amide bonds. The van der Waals surface area contributed by atoms with Crippen molar-refractivity contribution in [2.45, 2.75) is 53.3 Å². The lowest BCUT2D eigenvalue weighted by Gasteiger charge is -2.22. The second kappa shape index (κ2) is 8.17. The van der Waals surface area contributed by atoms with Crippen molar-refractivity contribution in [3.8, 4) is 0 Å². The fourth-order valence-electron chi connectivity index (χ4n) is 3.48. The van der Waals surface area contributed by atoms with Crippen LogP contribution >= 0.6 is 0 Å². The minimum Gasteiger partial charge on any atom is -0.324 e. The third-order valence-corrected chi connectivity index (χ3v) is 5.55. The summed E-state index contributed by atoms with van der Waals surface area (Å²) in [5, 5.41) is 2.74. The maximum absolute atomic E-state index is 13.6. The Hall–Kier alpha value is -3.16. The molecule has 8 heteroatoms. The molecular weight excluding hydrogens is 407 g/mol. The highest BCUT2D eigenvalue weighted by Gasteiger charge is 2.38. The van der Waals surface area contributed by atoms with E-state index in [9.17, 15) is 22.8 Å². The number of alkyl halides is 3. The number of hydrogen-bond donors (Lipinski definition) is 1. The van der Waals surface area contributed by atoms with Crippen molar-refractivity contribution < 1.29 is 18.0 Å². The Balaban J connectivity index is 2.20. The Morgan fingerprint density at radius 1 is 1.03 bits per heavy atom. The van der Waals surface area contributed by atoms with Crippen LogP contribution in [0.5, 0.6) is 0 Å². The van der Waals surface area contributed by atoms with Crippen LogP contribution in [0.25, 0.3) is 11.0 Å². The molecule has 1 aromatic heterocycles. The molecule has 1 atom stereocenters. The summed E-state index contributed by atoms with van der Waals surface area (Å²) in [4.78, 5) is 29.6. The van der Waals surface area contributed by atoms with Gasteiger partial charge in [-0.2, -0.15) is 13.2 Å². The second-order valence-corrected chi connectivity index (χ2v) is 7.77. The number of rotatable bonds is 4. The SMILES string of the molecule is CC[C@H](C(=O)Nc1ccc(C)c(C)c1)n1c(=O)c(C(F)(F)F)nc2cc(C)c(C)cc21. The minimum absolute atomic E-state index is 0.0208. The van der Waals surface area contributed by atoms with E-state index in [0.717, 1.165) is 26.8 Å². The molecule has 0 saturated heterocycles. The summed E-state index contributed by atoms with van der Waals surface area (Å²) in [5.74, 6) is -0.563. The zero-order chi connectivity index (χ0) is 23.1. The molecule has 0 aliphatic heterocycles.